The molecule has 1 amide bonds. The average molecular weight is 264 g/mol. The van der Waals surface area contributed by atoms with Crippen LogP contribution in [0.3, 0.4) is 0 Å². The molecule has 19 heavy (non-hydrogen) atoms. The third-order valence-corrected chi connectivity index (χ3v) is 2.86. The number of rotatable bonds is 8. The summed E-state index contributed by atoms with van der Waals surface area (Å²) in [5.41, 5.74) is 8.12. The van der Waals surface area contributed by atoms with E-state index in [0.717, 1.165) is 18.4 Å². The number of nitrogens with one attached hydrogen (secondary N) is 1. The summed E-state index contributed by atoms with van der Waals surface area (Å²) in [5.74, 6) is -0.161. The number of unbranched alkanes of at least 4 members (excludes halogenated alkanes) is 3. The van der Waals surface area contributed by atoms with Gasteiger partial charge in [0.15, 0.2) is 0 Å². The van der Waals surface area contributed by atoms with E-state index < -0.39 is 0 Å². The summed E-state index contributed by atoms with van der Waals surface area (Å²) < 4.78 is 5.32. The first-order valence-corrected chi connectivity index (χ1v) is 6.87. The molecule has 0 atom stereocenters. The van der Waals surface area contributed by atoms with E-state index >= 15 is 0 Å². The number of carbonyl (C=O) groups excluding carboxylic acids is 1. The van der Waals surface area contributed by atoms with Gasteiger partial charge in [0, 0.05) is 6.61 Å². The van der Waals surface area contributed by atoms with Crippen LogP contribution in [0.1, 0.15) is 38.2 Å². The fourth-order valence-electron chi connectivity index (χ4n) is 1.78. The lowest BCUT2D eigenvalue weighted by molar-refractivity contribution is -0.120. The molecule has 0 spiro atoms. The van der Waals surface area contributed by atoms with E-state index in [1.54, 1.807) is 0 Å². The van der Waals surface area contributed by atoms with Crippen molar-refractivity contribution in [2.75, 3.05) is 24.3 Å². The Labute approximate surface area is 115 Å². The first-order chi connectivity index (χ1) is 9.13. The fourth-order valence-corrected chi connectivity index (χ4v) is 1.78. The molecule has 0 bridgehead atoms. The van der Waals surface area contributed by atoms with E-state index in [4.69, 9.17) is 10.5 Å². The minimum Gasteiger partial charge on any atom is -0.397 e. The number of hydrogen-bond donors (Lipinski definition) is 2. The largest absolute Gasteiger partial charge is 0.397 e. The van der Waals surface area contributed by atoms with Crippen molar-refractivity contribution in [1.29, 1.82) is 0 Å². The van der Waals surface area contributed by atoms with Gasteiger partial charge in [-0.25, -0.2) is 0 Å². The van der Waals surface area contributed by atoms with E-state index in [1.165, 1.54) is 12.8 Å². The monoisotopic (exact) mass is 264 g/mol. The Bertz CT molecular complexity index is 405. The number of hydrogen-bond acceptors (Lipinski definition) is 3. The summed E-state index contributed by atoms with van der Waals surface area (Å²) in [6, 6.07) is 5.56. The van der Waals surface area contributed by atoms with E-state index in [2.05, 4.69) is 12.2 Å². The maximum Gasteiger partial charge on any atom is 0.250 e. The molecule has 0 radical (unpaired) electrons. The predicted molar refractivity (Wildman–Crippen MR) is 79.2 cm³/mol. The standard InChI is InChI=1S/C15H24N2O2/c1-3-4-5-6-9-19-11-15(18)17-14-8-7-12(2)10-13(14)16/h7-8,10H,3-6,9,11,16H2,1-2H3,(H,17,18). The maximum absolute atomic E-state index is 11.6. The molecule has 0 heterocycles. The van der Waals surface area contributed by atoms with Gasteiger partial charge in [-0.05, 0) is 31.0 Å². The normalized spacial score (nSPS) is 10.4. The number of aryl methyl sites for hydroxylation is 1. The second-order valence-electron chi connectivity index (χ2n) is 4.75. The highest BCUT2D eigenvalue weighted by molar-refractivity contribution is 5.94. The highest BCUT2D eigenvalue weighted by atomic mass is 16.5. The minimum atomic E-state index is -0.161. The molecule has 0 aliphatic carbocycles. The van der Waals surface area contributed by atoms with Crippen LogP contribution in [0.15, 0.2) is 18.2 Å². The van der Waals surface area contributed by atoms with Crippen molar-refractivity contribution < 1.29 is 9.53 Å². The van der Waals surface area contributed by atoms with Gasteiger partial charge in [0.1, 0.15) is 6.61 Å². The summed E-state index contributed by atoms with van der Waals surface area (Å²) in [6.07, 6.45) is 4.58. The quantitative estimate of drug-likeness (QED) is 0.560. The molecule has 106 valence electrons. The lowest BCUT2D eigenvalue weighted by Gasteiger charge is -2.09. The number of ether oxygens (including phenoxy) is 1. The molecular weight excluding hydrogens is 240 g/mol. The van der Waals surface area contributed by atoms with Crippen molar-refractivity contribution >= 4 is 17.3 Å². The Hall–Kier alpha value is -1.55. The molecule has 1 rings (SSSR count). The second kappa shape index (κ2) is 8.53. The van der Waals surface area contributed by atoms with Gasteiger partial charge in [0.25, 0.3) is 0 Å². The first-order valence-electron chi connectivity index (χ1n) is 6.87. The Balaban J connectivity index is 2.23. The number of benzene rings is 1. The number of nitrogen functional groups attached to an aromatic ring is 1. The van der Waals surface area contributed by atoms with Gasteiger partial charge in [-0.15, -0.1) is 0 Å². The van der Waals surface area contributed by atoms with Gasteiger partial charge in [0.2, 0.25) is 5.91 Å². The summed E-state index contributed by atoms with van der Waals surface area (Å²) in [7, 11) is 0. The van der Waals surface area contributed by atoms with E-state index in [0.29, 0.717) is 18.0 Å². The van der Waals surface area contributed by atoms with E-state index in [9.17, 15) is 4.79 Å². The van der Waals surface area contributed by atoms with Gasteiger partial charge in [-0.3, -0.25) is 4.79 Å². The summed E-state index contributed by atoms with van der Waals surface area (Å²) in [4.78, 5) is 11.6. The van der Waals surface area contributed by atoms with E-state index in [1.807, 2.05) is 25.1 Å². The maximum atomic E-state index is 11.6. The zero-order valence-corrected chi connectivity index (χ0v) is 11.9. The molecule has 0 fully saturated rings. The Morgan fingerprint density at radius 2 is 2.11 bits per heavy atom. The SMILES string of the molecule is CCCCCCOCC(=O)Nc1ccc(C)cc1N. The predicted octanol–water partition coefficient (Wildman–Crippen LogP) is 3.11. The average Bonchev–Trinajstić information content (AvgIpc) is 2.37. The number of anilines is 2. The van der Waals surface area contributed by atoms with Crippen LogP contribution in [0.25, 0.3) is 0 Å². The van der Waals surface area contributed by atoms with Gasteiger partial charge < -0.3 is 15.8 Å². The molecule has 1 aromatic rings. The Morgan fingerprint density at radius 1 is 1.32 bits per heavy atom. The van der Waals surface area contributed by atoms with Crippen molar-refractivity contribution in [2.24, 2.45) is 0 Å². The molecule has 0 aromatic heterocycles. The molecule has 0 unspecified atom stereocenters. The molecule has 0 aliphatic heterocycles. The first kappa shape index (κ1) is 15.5. The second-order valence-corrected chi connectivity index (χ2v) is 4.75. The van der Waals surface area contributed by atoms with Crippen molar-refractivity contribution in [2.45, 2.75) is 39.5 Å². The van der Waals surface area contributed by atoms with Crippen LogP contribution >= 0.6 is 0 Å². The van der Waals surface area contributed by atoms with E-state index in [-0.39, 0.29) is 12.5 Å². The van der Waals surface area contributed by atoms with Crippen LogP contribution in [-0.4, -0.2) is 19.1 Å². The highest BCUT2D eigenvalue weighted by Crippen LogP contribution is 2.19. The lowest BCUT2D eigenvalue weighted by atomic mass is 10.2. The molecule has 1 aromatic carbocycles. The van der Waals surface area contributed by atoms with Crippen LogP contribution in [0.2, 0.25) is 0 Å². The van der Waals surface area contributed by atoms with Gasteiger partial charge in [0.05, 0.1) is 11.4 Å². The molecular formula is C15H24N2O2. The molecule has 0 saturated heterocycles. The Kier molecular flexibility index (Phi) is 6.97. The number of carbonyl (C=O) groups is 1. The van der Waals surface area contributed by atoms with Crippen molar-refractivity contribution in [3.8, 4) is 0 Å². The third kappa shape index (κ3) is 6.25. The van der Waals surface area contributed by atoms with Crippen LogP contribution in [0.5, 0.6) is 0 Å². The topological polar surface area (TPSA) is 64.3 Å². The molecule has 0 aliphatic rings. The fraction of sp³-hybridized carbons (Fsp3) is 0.533. The smallest absolute Gasteiger partial charge is 0.250 e. The summed E-state index contributed by atoms with van der Waals surface area (Å²) in [6.45, 7) is 4.85. The van der Waals surface area contributed by atoms with Crippen molar-refractivity contribution in [3.63, 3.8) is 0 Å². The van der Waals surface area contributed by atoms with Crippen molar-refractivity contribution in [1.82, 2.24) is 0 Å². The number of amides is 1. The molecule has 4 nitrogen and oxygen atoms in total. The van der Waals surface area contributed by atoms with Crippen LogP contribution < -0.4 is 11.1 Å². The zero-order chi connectivity index (χ0) is 14.1. The molecule has 0 saturated carbocycles. The summed E-state index contributed by atoms with van der Waals surface area (Å²) in [5, 5.41) is 2.75. The number of nitrogens with two attached hydrogens (primary N) is 1. The van der Waals surface area contributed by atoms with Gasteiger partial charge in [-0.1, -0.05) is 32.3 Å². The Morgan fingerprint density at radius 3 is 2.79 bits per heavy atom. The van der Waals surface area contributed by atoms with Crippen LogP contribution in [-0.2, 0) is 9.53 Å². The summed E-state index contributed by atoms with van der Waals surface area (Å²) >= 11 is 0. The third-order valence-electron chi connectivity index (χ3n) is 2.86. The highest BCUT2D eigenvalue weighted by Gasteiger charge is 2.05. The van der Waals surface area contributed by atoms with Crippen LogP contribution in [0.4, 0.5) is 11.4 Å². The van der Waals surface area contributed by atoms with Crippen LogP contribution in [0, 0.1) is 6.92 Å². The molecule has 4 heteroatoms. The van der Waals surface area contributed by atoms with Crippen molar-refractivity contribution in [3.05, 3.63) is 23.8 Å². The van der Waals surface area contributed by atoms with Gasteiger partial charge in [-0.2, -0.15) is 0 Å². The molecule has 3 N–H and O–H groups in total. The zero-order valence-electron chi connectivity index (χ0n) is 11.9. The lowest BCUT2D eigenvalue weighted by Crippen LogP contribution is -2.19. The van der Waals surface area contributed by atoms with Gasteiger partial charge >= 0.3 is 0 Å². The minimum absolute atomic E-state index is 0.0828.